The zero-order chi connectivity index (χ0) is 15.9. The number of nitrogens with zero attached hydrogens (tertiary/aromatic N) is 2. The van der Waals surface area contributed by atoms with E-state index in [1.807, 2.05) is 36.4 Å². The lowest BCUT2D eigenvalue weighted by Crippen LogP contribution is -2.15. The monoisotopic (exact) mass is 297 g/mol. The number of benzene rings is 2. The highest BCUT2D eigenvalue weighted by Crippen LogP contribution is 2.26. The molecule has 6 heteroatoms. The first-order valence-corrected chi connectivity index (χ1v) is 6.66. The highest BCUT2D eigenvalue weighted by molar-refractivity contribution is 5.64. The van der Waals surface area contributed by atoms with E-state index in [0.29, 0.717) is 17.8 Å². The van der Waals surface area contributed by atoms with Crippen LogP contribution in [0.1, 0.15) is 17.2 Å². The van der Waals surface area contributed by atoms with Crippen LogP contribution in [0.5, 0.6) is 0 Å². The summed E-state index contributed by atoms with van der Waals surface area (Å²) in [6.45, 7) is 0.357. The number of ether oxygens (including phenoxy) is 1. The highest BCUT2D eigenvalue weighted by Gasteiger charge is 2.16. The highest BCUT2D eigenvalue weighted by atomic mass is 16.6. The van der Waals surface area contributed by atoms with Gasteiger partial charge >= 0.3 is 0 Å². The molecule has 0 amide bonds. The van der Waals surface area contributed by atoms with Crippen LogP contribution in [-0.4, -0.2) is 18.6 Å². The Morgan fingerprint density at radius 1 is 1.32 bits per heavy atom. The Bertz CT molecular complexity index is 696. The zero-order valence-corrected chi connectivity index (χ0v) is 12.0. The molecule has 2 rings (SSSR count). The summed E-state index contributed by atoms with van der Waals surface area (Å²) in [5.41, 5.74) is 1.57. The molecule has 0 aliphatic carbocycles. The molecule has 112 valence electrons. The summed E-state index contributed by atoms with van der Waals surface area (Å²) in [7, 11) is 1.58. The molecule has 0 saturated carbocycles. The molecule has 1 N–H and O–H groups in total. The minimum Gasteiger partial charge on any atom is -0.376 e. The van der Waals surface area contributed by atoms with E-state index >= 15 is 0 Å². The van der Waals surface area contributed by atoms with E-state index in [9.17, 15) is 10.1 Å². The van der Waals surface area contributed by atoms with E-state index in [0.717, 1.165) is 5.56 Å². The number of nitro groups is 1. The Labute approximate surface area is 128 Å². The molecule has 0 radical (unpaired) electrons. The van der Waals surface area contributed by atoms with Crippen LogP contribution in [-0.2, 0) is 4.74 Å². The van der Waals surface area contributed by atoms with Crippen molar-refractivity contribution in [1.29, 1.82) is 5.26 Å². The Kier molecular flexibility index (Phi) is 5.07. The van der Waals surface area contributed by atoms with Crippen molar-refractivity contribution < 1.29 is 9.66 Å². The van der Waals surface area contributed by atoms with Gasteiger partial charge in [-0.1, -0.05) is 30.3 Å². The van der Waals surface area contributed by atoms with Gasteiger partial charge in [-0.15, -0.1) is 0 Å². The number of anilines is 1. The van der Waals surface area contributed by atoms with E-state index < -0.39 is 4.92 Å². The summed E-state index contributed by atoms with van der Waals surface area (Å²) in [6, 6.07) is 15.8. The minimum atomic E-state index is -0.478. The van der Waals surface area contributed by atoms with Gasteiger partial charge < -0.3 is 10.1 Å². The summed E-state index contributed by atoms with van der Waals surface area (Å²) in [5.74, 6) is 0. The van der Waals surface area contributed by atoms with Crippen molar-refractivity contribution in [2.45, 2.75) is 6.10 Å². The van der Waals surface area contributed by atoms with E-state index in [4.69, 9.17) is 10.00 Å². The Morgan fingerprint density at radius 2 is 2.05 bits per heavy atom. The average Bonchev–Trinajstić information content (AvgIpc) is 2.56. The van der Waals surface area contributed by atoms with Gasteiger partial charge in [-0.25, -0.2) is 0 Å². The molecule has 0 aliphatic rings. The smallest absolute Gasteiger partial charge is 0.292 e. The molecule has 2 aromatic rings. The molecule has 0 saturated heterocycles. The number of hydrogen-bond acceptors (Lipinski definition) is 5. The number of nitro benzene ring substituents is 1. The first kappa shape index (κ1) is 15.5. The predicted octanol–water partition coefficient (Wildman–Crippen LogP) is 3.27. The Balaban J connectivity index is 2.19. The summed E-state index contributed by atoms with van der Waals surface area (Å²) in [5, 5.41) is 23.0. The van der Waals surface area contributed by atoms with Crippen LogP contribution < -0.4 is 5.32 Å². The average molecular weight is 297 g/mol. The van der Waals surface area contributed by atoms with Crippen LogP contribution >= 0.6 is 0 Å². The van der Waals surface area contributed by atoms with Gasteiger partial charge in [0, 0.05) is 19.7 Å². The molecule has 0 heterocycles. The molecule has 1 atom stereocenters. The van der Waals surface area contributed by atoms with E-state index in [1.165, 1.54) is 18.2 Å². The normalized spacial score (nSPS) is 11.5. The van der Waals surface area contributed by atoms with Crippen LogP contribution in [0, 0.1) is 21.4 Å². The van der Waals surface area contributed by atoms with Crippen LogP contribution in [0.2, 0.25) is 0 Å². The maximum Gasteiger partial charge on any atom is 0.292 e. The van der Waals surface area contributed by atoms with Crippen LogP contribution in [0.25, 0.3) is 0 Å². The van der Waals surface area contributed by atoms with Crippen LogP contribution in [0.15, 0.2) is 48.5 Å². The summed E-state index contributed by atoms with van der Waals surface area (Å²) < 4.78 is 5.42. The lowest BCUT2D eigenvalue weighted by molar-refractivity contribution is -0.384. The van der Waals surface area contributed by atoms with Gasteiger partial charge in [0.05, 0.1) is 22.7 Å². The second-order valence-electron chi connectivity index (χ2n) is 4.62. The molecular weight excluding hydrogens is 282 g/mol. The minimum absolute atomic E-state index is 0.0677. The van der Waals surface area contributed by atoms with Crippen molar-refractivity contribution in [2.75, 3.05) is 19.0 Å². The SMILES string of the molecule is COC(CNc1cc(C#N)ccc1[N+](=O)[O-])c1ccccc1. The number of hydrogen-bond donors (Lipinski definition) is 1. The van der Waals surface area contributed by atoms with Gasteiger partial charge in [-0.3, -0.25) is 10.1 Å². The van der Waals surface area contributed by atoms with Crippen molar-refractivity contribution in [3.8, 4) is 6.07 Å². The van der Waals surface area contributed by atoms with Crippen molar-refractivity contribution >= 4 is 11.4 Å². The summed E-state index contributed by atoms with van der Waals surface area (Å²) in [4.78, 5) is 10.6. The quantitative estimate of drug-likeness (QED) is 0.653. The zero-order valence-electron chi connectivity index (χ0n) is 12.0. The van der Waals surface area contributed by atoms with Crippen LogP contribution in [0.4, 0.5) is 11.4 Å². The van der Waals surface area contributed by atoms with Gasteiger partial charge in [-0.05, 0) is 17.7 Å². The molecule has 0 fully saturated rings. The van der Waals surface area contributed by atoms with Gasteiger partial charge in [0.15, 0.2) is 0 Å². The molecule has 0 bridgehead atoms. The van der Waals surface area contributed by atoms with Crippen LogP contribution in [0.3, 0.4) is 0 Å². The number of nitrogens with one attached hydrogen (secondary N) is 1. The van der Waals surface area contributed by atoms with E-state index in [-0.39, 0.29) is 11.8 Å². The molecule has 22 heavy (non-hydrogen) atoms. The first-order chi connectivity index (χ1) is 10.7. The lowest BCUT2D eigenvalue weighted by Gasteiger charge is -2.17. The maximum absolute atomic E-state index is 11.1. The third-order valence-electron chi connectivity index (χ3n) is 3.26. The van der Waals surface area contributed by atoms with Crippen molar-refractivity contribution in [3.63, 3.8) is 0 Å². The third kappa shape index (κ3) is 3.59. The third-order valence-corrected chi connectivity index (χ3v) is 3.26. The van der Waals surface area contributed by atoms with E-state index in [2.05, 4.69) is 5.32 Å². The second kappa shape index (κ2) is 7.20. The maximum atomic E-state index is 11.1. The van der Waals surface area contributed by atoms with Gasteiger partial charge in [0.1, 0.15) is 5.69 Å². The summed E-state index contributed by atoms with van der Waals surface area (Å²) >= 11 is 0. The van der Waals surface area contributed by atoms with Crippen molar-refractivity contribution in [2.24, 2.45) is 0 Å². The lowest BCUT2D eigenvalue weighted by atomic mass is 10.1. The second-order valence-corrected chi connectivity index (χ2v) is 4.62. The van der Waals surface area contributed by atoms with Gasteiger partial charge in [0.2, 0.25) is 0 Å². The molecule has 0 spiro atoms. The molecule has 1 unspecified atom stereocenters. The van der Waals surface area contributed by atoms with E-state index in [1.54, 1.807) is 7.11 Å². The summed E-state index contributed by atoms with van der Waals surface area (Å²) in [6.07, 6.45) is -0.244. The predicted molar refractivity (Wildman–Crippen MR) is 82.5 cm³/mol. The molecule has 0 aliphatic heterocycles. The largest absolute Gasteiger partial charge is 0.376 e. The van der Waals surface area contributed by atoms with Crippen molar-refractivity contribution in [1.82, 2.24) is 0 Å². The first-order valence-electron chi connectivity index (χ1n) is 6.66. The van der Waals surface area contributed by atoms with Gasteiger partial charge in [-0.2, -0.15) is 5.26 Å². The fourth-order valence-corrected chi connectivity index (χ4v) is 2.11. The standard InChI is InChI=1S/C16H15N3O3/c1-22-16(13-5-3-2-4-6-13)11-18-14-9-12(10-17)7-8-15(14)19(20)21/h2-9,16,18H,11H2,1H3. The topological polar surface area (TPSA) is 88.2 Å². The van der Waals surface area contributed by atoms with Crippen molar-refractivity contribution in [3.05, 3.63) is 69.8 Å². The van der Waals surface area contributed by atoms with Gasteiger partial charge in [0.25, 0.3) is 5.69 Å². The number of nitriles is 1. The Hall–Kier alpha value is -2.91. The number of rotatable bonds is 6. The fraction of sp³-hybridized carbons (Fsp3) is 0.188. The molecule has 6 nitrogen and oxygen atoms in total. The fourth-order valence-electron chi connectivity index (χ4n) is 2.11. The Morgan fingerprint density at radius 3 is 2.64 bits per heavy atom. The molecule has 0 aromatic heterocycles. The molecular formula is C16H15N3O3. The number of methoxy groups -OCH3 is 1. The molecule has 2 aromatic carbocycles.